The van der Waals surface area contributed by atoms with E-state index in [0.717, 1.165) is 12.5 Å². The maximum absolute atomic E-state index is 4.40. The van der Waals surface area contributed by atoms with E-state index in [1.807, 2.05) is 6.33 Å². The minimum absolute atomic E-state index is 0.521. The number of hydrogen-bond acceptors (Lipinski definition) is 2. The number of rotatable bonds is 5. The van der Waals surface area contributed by atoms with Gasteiger partial charge in [-0.2, -0.15) is 0 Å². The Bertz CT molecular complexity index is 406. The van der Waals surface area contributed by atoms with E-state index in [4.69, 9.17) is 0 Å². The van der Waals surface area contributed by atoms with Crippen LogP contribution in [0.4, 0.5) is 0 Å². The Balaban J connectivity index is 1.53. The van der Waals surface area contributed by atoms with Crippen LogP contribution < -0.4 is 5.32 Å². The van der Waals surface area contributed by atoms with Crippen LogP contribution in [0.2, 0.25) is 0 Å². The fourth-order valence-electron chi connectivity index (χ4n) is 4.03. The lowest BCUT2D eigenvalue weighted by Gasteiger charge is -2.29. The second kappa shape index (κ2) is 6.75. The van der Waals surface area contributed by atoms with Gasteiger partial charge >= 0.3 is 0 Å². The monoisotopic (exact) mass is 275 g/mol. The van der Waals surface area contributed by atoms with E-state index in [1.165, 1.54) is 63.5 Å². The summed E-state index contributed by atoms with van der Waals surface area (Å²) in [6.07, 6.45) is 16.6. The molecule has 0 amide bonds. The van der Waals surface area contributed by atoms with E-state index < -0.39 is 0 Å². The number of nitrogens with zero attached hydrogens (tertiary/aromatic N) is 2. The van der Waals surface area contributed by atoms with E-state index in [0.29, 0.717) is 12.1 Å². The van der Waals surface area contributed by atoms with Gasteiger partial charge in [-0.05, 0) is 44.9 Å². The number of piperidine rings is 1. The Labute approximate surface area is 123 Å². The van der Waals surface area contributed by atoms with Gasteiger partial charge in [0.25, 0.3) is 0 Å². The molecule has 3 nitrogen and oxygen atoms in total. The highest BCUT2D eigenvalue weighted by molar-refractivity contribution is 5.07. The zero-order valence-corrected chi connectivity index (χ0v) is 12.9. The maximum atomic E-state index is 4.40. The van der Waals surface area contributed by atoms with Gasteiger partial charge in [0.2, 0.25) is 0 Å². The Kier molecular flexibility index (Phi) is 4.77. The minimum Gasteiger partial charge on any atom is -0.333 e. The molecule has 1 aliphatic heterocycles. The van der Waals surface area contributed by atoms with E-state index in [1.54, 1.807) is 0 Å². The summed E-state index contributed by atoms with van der Waals surface area (Å²) in [5.41, 5.74) is 1.41. The average molecular weight is 275 g/mol. The summed E-state index contributed by atoms with van der Waals surface area (Å²) in [7, 11) is 0. The molecule has 2 fully saturated rings. The quantitative estimate of drug-likeness (QED) is 0.878. The second-order valence-corrected chi connectivity index (χ2v) is 6.86. The molecule has 1 saturated heterocycles. The SMILES string of the molecule is CC1CCCC(c2cncn2CCCC2CCCC2)N1. The standard InChI is InChI=1S/C17H29N3/c1-14-6-4-10-16(19-14)17-12-18-13-20(17)11-5-9-15-7-2-3-8-15/h12-16,19H,2-11H2,1H3. The Morgan fingerprint density at radius 3 is 2.85 bits per heavy atom. The largest absolute Gasteiger partial charge is 0.333 e. The van der Waals surface area contributed by atoms with Crippen molar-refractivity contribution < 1.29 is 0 Å². The van der Waals surface area contributed by atoms with Gasteiger partial charge in [0.05, 0.1) is 12.0 Å². The summed E-state index contributed by atoms with van der Waals surface area (Å²) in [5.74, 6) is 1.01. The third kappa shape index (κ3) is 3.43. The second-order valence-electron chi connectivity index (χ2n) is 6.86. The molecule has 0 spiro atoms. The van der Waals surface area contributed by atoms with Crippen molar-refractivity contribution in [2.45, 2.75) is 83.3 Å². The summed E-state index contributed by atoms with van der Waals surface area (Å²) in [6, 6.07) is 1.17. The van der Waals surface area contributed by atoms with Crippen LogP contribution in [-0.2, 0) is 6.54 Å². The zero-order valence-electron chi connectivity index (χ0n) is 12.9. The molecule has 0 aromatic carbocycles. The van der Waals surface area contributed by atoms with Gasteiger partial charge in [-0.3, -0.25) is 0 Å². The van der Waals surface area contributed by atoms with Crippen LogP contribution in [0.1, 0.15) is 76.4 Å². The third-order valence-corrected chi connectivity index (χ3v) is 5.20. The molecule has 3 rings (SSSR count). The average Bonchev–Trinajstić information content (AvgIpc) is 3.10. The first-order valence-electron chi connectivity index (χ1n) is 8.59. The number of aromatic nitrogens is 2. The first-order valence-corrected chi connectivity index (χ1v) is 8.59. The summed E-state index contributed by atoms with van der Waals surface area (Å²) in [4.78, 5) is 4.40. The highest BCUT2D eigenvalue weighted by Gasteiger charge is 2.22. The lowest BCUT2D eigenvalue weighted by Crippen LogP contribution is -2.35. The molecule has 20 heavy (non-hydrogen) atoms. The van der Waals surface area contributed by atoms with Crippen LogP contribution in [0, 0.1) is 5.92 Å². The van der Waals surface area contributed by atoms with Crippen molar-refractivity contribution in [3.05, 3.63) is 18.2 Å². The number of aryl methyl sites for hydroxylation is 1. The Hall–Kier alpha value is -0.830. The van der Waals surface area contributed by atoms with Crippen molar-refractivity contribution in [1.82, 2.24) is 14.9 Å². The fourth-order valence-corrected chi connectivity index (χ4v) is 4.03. The molecule has 1 N–H and O–H groups in total. The predicted octanol–water partition coefficient (Wildman–Crippen LogP) is 4.06. The normalized spacial score (nSPS) is 28.1. The van der Waals surface area contributed by atoms with Gasteiger partial charge in [0.1, 0.15) is 0 Å². The highest BCUT2D eigenvalue weighted by atomic mass is 15.1. The van der Waals surface area contributed by atoms with Crippen LogP contribution in [0.5, 0.6) is 0 Å². The van der Waals surface area contributed by atoms with E-state index in [9.17, 15) is 0 Å². The first kappa shape index (κ1) is 14.1. The van der Waals surface area contributed by atoms with Crippen LogP contribution in [0.15, 0.2) is 12.5 Å². The van der Waals surface area contributed by atoms with Crippen molar-refractivity contribution in [3.8, 4) is 0 Å². The molecule has 2 atom stereocenters. The smallest absolute Gasteiger partial charge is 0.0948 e. The van der Waals surface area contributed by atoms with Crippen molar-refractivity contribution >= 4 is 0 Å². The molecule has 112 valence electrons. The molecule has 2 aliphatic rings. The number of imidazole rings is 1. The Morgan fingerprint density at radius 2 is 2.05 bits per heavy atom. The summed E-state index contributed by atoms with van der Waals surface area (Å²) < 4.78 is 2.39. The summed E-state index contributed by atoms with van der Waals surface area (Å²) in [6.45, 7) is 3.45. The van der Waals surface area contributed by atoms with E-state index in [-0.39, 0.29) is 0 Å². The van der Waals surface area contributed by atoms with Crippen LogP contribution in [0.3, 0.4) is 0 Å². The lowest BCUT2D eigenvalue weighted by molar-refractivity contribution is 0.327. The molecule has 2 heterocycles. The van der Waals surface area contributed by atoms with Crippen molar-refractivity contribution in [2.24, 2.45) is 5.92 Å². The van der Waals surface area contributed by atoms with E-state index in [2.05, 4.69) is 28.0 Å². The van der Waals surface area contributed by atoms with Gasteiger partial charge in [-0.25, -0.2) is 4.98 Å². The molecule has 1 saturated carbocycles. The molecular formula is C17H29N3. The fraction of sp³-hybridized carbons (Fsp3) is 0.824. The first-order chi connectivity index (χ1) is 9.83. The third-order valence-electron chi connectivity index (χ3n) is 5.20. The Morgan fingerprint density at radius 1 is 1.20 bits per heavy atom. The molecule has 0 radical (unpaired) electrons. The van der Waals surface area contributed by atoms with Crippen LogP contribution in [0.25, 0.3) is 0 Å². The van der Waals surface area contributed by atoms with Crippen LogP contribution >= 0.6 is 0 Å². The van der Waals surface area contributed by atoms with Gasteiger partial charge in [0, 0.05) is 24.8 Å². The van der Waals surface area contributed by atoms with Gasteiger partial charge in [0.15, 0.2) is 0 Å². The van der Waals surface area contributed by atoms with Gasteiger partial charge in [-0.1, -0.05) is 25.7 Å². The topological polar surface area (TPSA) is 29.9 Å². The maximum Gasteiger partial charge on any atom is 0.0948 e. The molecule has 1 aliphatic carbocycles. The van der Waals surface area contributed by atoms with Crippen molar-refractivity contribution in [1.29, 1.82) is 0 Å². The molecule has 3 heteroatoms. The van der Waals surface area contributed by atoms with Crippen molar-refractivity contribution in [2.75, 3.05) is 0 Å². The molecule has 1 aromatic rings. The highest BCUT2D eigenvalue weighted by Crippen LogP contribution is 2.29. The van der Waals surface area contributed by atoms with Gasteiger partial charge in [-0.15, -0.1) is 0 Å². The number of nitrogens with one attached hydrogen (secondary N) is 1. The molecule has 0 bridgehead atoms. The molecule has 2 unspecified atom stereocenters. The molecule has 1 aromatic heterocycles. The lowest BCUT2D eigenvalue weighted by atomic mass is 9.97. The van der Waals surface area contributed by atoms with Crippen LogP contribution in [-0.4, -0.2) is 15.6 Å². The summed E-state index contributed by atoms with van der Waals surface area (Å²) >= 11 is 0. The van der Waals surface area contributed by atoms with Crippen molar-refractivity contribution in [3.63, 3.8) is 0 Å². The molecular weight excluding hydrogens is 246 g/mol. The van der Waals surface area contributed by atoms with E-state index >= 15 is 0 Å². The zero-order chi connectivity index (χ0) is 13.8. The van der Waals surface area contributed by atoms with Gasteiger partial charge < -0.3 is 9.88 Å². The number of hydrogen-bond donors (Lipinski definition) is 1. The minimum atomic E-state index is 0.521. The predicted molar refractivity (Wildman–Crippen MR) is 82.6 cm³/mol. The summed E-state index contributed by atoms with van der Waals surface area (Å²) in [5, 5.41) is 3.73.